The lowest BCUT2D eigenvalue weighted by Crippen LogP contribution is -2.30. The molecule has 6 heteroatoms. The molecule has 132 valence electrons. The maximum Gasteiger partial charge on any atom is 0.269 e. The predicted octanol–water partition coefficient (Wildman–Crippen LogP) is 5.16. The number of rotatable bonds is 6. The Hall–Kier alpha value is -2.47. The van der Waals surface area contributed by atoms with E-state index in [2.05, 4.69) is 48.7 Å². The zero-order valence-electron chi connectivity index (χ0n) is 14.7. The number of hydrogen-bond donors (Lipinski definition) is 2. The molecule has 5 nitrogen and oxygen atoms in total. The fourth-order valence-electron chi connectivity index (χ4n) is 2.46. The van der Waals surface area contributed by atoms with Crippen LogP contribution < -0.4 is 10.6 Å². The predicted molar refractivity (Wildman–Crippen MR) is 106 cm³/mol. The fourth-order valence-corrected chi connectivity index (χ4v) is 2.76. The third kappa shape index (κ3) is 5.26. The number of nitrogens with one attached hydrogen (secondary N) is 2. The van der Waals surface area contributed by atoms with Crippen molar-refractivity contribution in [3.63, 3.8) is 0 Å². The molecule has 0 heterocycles. The maximum absolute atomic E-state index is 10.7. The first-order valence-electron chi connectivity index (χ1n) is 8.32. The van der Waals surface area contributed by atoms with Gasteiger partial charge in [-0.05, 0) is 54.7 Å². The van der Waals surface area contributed by atoms with E-state index in [1.807, 2.05) is 6.92 Å². The van der Waals surface area contributed by atoms with Crippen LogP contribution in [0.3, 0.4) is 0 Å². The molecule has 0 spiro atoms. The van der Waals surface area contributed by atoms with Crippen molar-refractivity contribution in [1.29, 1.82) is 0 Å². The van der Waals surface area contributed by atoms with Gasteiger partial charge in [-0.3, -0.25) is 10.1 Å². The van der Waals surface area contributed by atoms with Crippen molar-refractivity contribution < 1.29 is 4.92 Å². The lowest BCUT2D eigenvalue weighted by Gasteiger charge is -2.18. The quantitative estimate of drug-likeness (QED) is 0.425. The number of anilines is 1. The molecule has 0 aliphatic carbocycles. The van der Waals surface area contributed by atoms with E-state index in [4.69, 9.17) is 12.2 Å². The Balaban J connectivity index is 1.94. The first-order valence-corrected chi connectivity index (χ1v) is 8.73. The van der Waals surface area contributed by atoms with Gasteiger partial charge in [0, 0.05) is 17.8 Å². The van der Waals surface area contributed by atoms with Crippen molar-refractivity contribution in [2.24, 2.45) is 0 Å². The minimum absolute atomic E-state index is 0.0548. The van der Waals surface area contributed by atoms with Gasteiger partial charge in [-0.2, -0.15) is 0 Å². The number of nitrogens with zero attached hydrogens (tertiary/aromatic N) is 1. The highest BCUT2D eigenvalue weighted by Gasteiger charge is 2.10. The molecule has 0 amide bonds. The summed E-state index contributed by atoms with van der Waals surface area (Å²) in [6, 6.07) is 14.8. The molecule has 2 aromatic rings. The lowest BCUT2D eigenvalue weighted by molar-refractivity contribution is -0.384. The summed E-state index contributed by atoms with van der Waals surface area (Å²) in [6.45, 7) is 6.45. The average Bonchev–Trinajstić information content (AvgIpc) is 2.61. The smallest absolute Gasteiger partial charge is 0.269 e. The van der Waals surface area contributed by atoms with E-state index >= 15 is 0 Å². The second-order valence-electron chi connectivity index (χ2n) is 6.10. The summed E-state index contributed by atoms with van der Waals surface area (Å²) in [4.78, 5) is 10.2. The highest BCUT2D eigenvalue weighted by Crippen LogP contribution is 2.21. The van der Waals surface area contributed by atoms with Crippen LogP contribution in [0.5, 0.6) is 0 Å². The fraction of sp³-hybridized carbons (Fsp3) is 0.316. The molecule has 0 saturated carbocycles. The van der Waals surface area contributed by atoms with E-state index in [0.29, 0.717) is 16.7 Å². The van der Waals surface area contributed by atoms with Crippen LogP contribution in [0.25, 0.3) is 0 Å². The Morgan fingerprint density at radius 1 is 1.08 bits per heavy atom. The summed E-state index contributed by atoms with van der Waals surface area (Å²) < 4.78 is 0. The van der Waals surface area contributed by atoms with Crippen LogP contribution in [0.1, 0.15) is 50.3 Å². The molecule has 0 aliphatic heterocycles. The Bertz CT molecular complexity index is 729. The van der Waals surface area contributed by atoms with E-state index in [0.717, 1.165) is 12.0 Å². The Morgan fingerprint density at radius 2 is 1.64 bits per heavy atom. The number of nitro benzene ring substituents is 1. The number of nitro groups is 1. The molecule has 25 heavy (non-hydrogen) atoms. The zero-order chi connectivity index (χ0) is 18.4. The summed E-state index contributed by atoms with van der Waals surface area (Å²) in [5.41, 5.74) is 3.26. The van der Waals surface area contributed by atoms with Crippen molar-refractivity contribution in [3.8, 4) is 0 Å². The zero-order valence-corrected chi connectivity index (χ0v) is 15.5. The monoisotopic (exact) mass is 357 g/mol. The first kappa shape index (κ1) is 18.9. The van der Waals surface area contributed by atoms with Crippen molar-refractivity contribution in [1.82, 2.24) is 5.32 Å². The van der Waals surface area contributed by atoms with Gasteiger partial charge in [0.05, 0.1) is 11.0 Å². The molecule has 0 saturated heterocycles. The molecule has 2 N–H and O–H groups in total. The van der Waals surface area contributed by atoms with Gasteiger partial charge >= 0.3 is 0 Å². The van der Waals surface area contributed by atoms with E-state index in [1.54, 1.807) is 12.1 Å². The summed E-state index contributed by atoms with van der Waals surface area (Å²) >= 11 is 5.33. The Labute approximate surface area is 153 Å². The Kier molecular flexibility index (Phi) is 6.47. The second-order valence-corrected chi connectivity index (χ2v) is 6.51. The molecule has 2 rings (SSSR count). The van der Waals surface area contributed by atoms with E-state index < -0.39 is 4.92 Å². The van der Waals surface area contributed by atoms with Crippen LogP contribution in [0.15, 0.2) is 48.5 Å². The molecule has 2 atom stereocenters. The van der Waals surface area contributed by atoms with Gasteiger partial charge in [0.1, 0.15) is 0 Å². The van der Waals surface area contributed by atoms with Gasteiger partial charge < -0.3 is 10.6 Å². The summed E-state index contributed by atoms with van der Waals surface area (Å²) in [5, 5.41) is 17.4. The lowest BCUT2D eigenvalue weighted by atomic mass is 9.96. The molecule has 0 fully saturated rings. The number of benzene rings is 2. The van der Waals surface area contributed by atoms with Crippen LogP contribution >= 0.6 is 12.2 Å². The van der Waals surface area contributed by atoms with Crippen LogP contribution in [-0.2, 0) is 0 Å². The average molecular weight is 357 g/mol. The SMILES string of the molecule is CC[C@@H](C)c1ccc([C@@H](C)NC(=S)Nc2ccc([N+](=O)[O-])cc2)cc1. The van der Waals surface area contributed by atoms with Gasteiger partial charge in [0.25, 0.3) is 5.69 Å². The molecule has 0 aromatic heterocycles. The van der Waals surface area contributed by atoms with E-state index in [1.165, 1.54) is 17.7 Å². The minimum atomic E-state index is -0.425. The van der Waals surface area contributed by atoms with Crippen LogP contribution in [0.4, 0.5) is 11.4 Å². The number of non-ortho nitro benzene ring substituents is 1. The van der Waals surface area contributed by atoms with Gasteiger partial charge in [0.15, 0.2) is 5.11 Å². The summed E-state index contributed by atoms with van der Waals surface area (Å²) in [7, 11) is 0. The first-order chi connectivity index (χ1) is 11.9. The van der Waals surface area contributed by atoms with Crippen LogP contribution in [-0.4, -0.2) is 10.0 Å². The van der Waals surface area contributed by atoms with Crippen molar-refractivity contribution in [2.75, 3.05) is 5.32 Å². The topological polar surface area (TPSA) is 67.2 Å². The number of thiocarbonyl (C=S) groups is 1. The number of hydrogen-bond acceptors (Lipinski definition) is 3. The van der Waals surface area contributed by atoms with Crippen molar-refractivity contribution >= 4 is 28.7 Å². The molecule has 0 unspecified atom stereocenters. The summed E-state index contributed by atoms with van der Waals surface area (Å²) in [5.74, 6) is 0.558. The largest absolute Gasteiger partial charge is 0.356 e. The van der Waals surface area contributed by atoms with Gasteiger partial charge in [-0.1, -0.05) is 38.1 Å². The summed E-state index contributed by atoms with van der Waals surface area (Å²) in [6.07, 6.45) is 1.12. The van der Waals surface area contributed by atoms with Crippen LogP contribution in [0.2, 0.25) is 0 Å². The van der Waals surface area contributed by atoms with Crippen LogP contribution in [0, 0.1) is 10.1 Å². The van der Waals surface area contributed by atoms with E-state index in [9.17, 15) is 10.1 Å². The third-order valence-electron chi connectivity index (χ3n) is 4.30. The Morgan fingerprint density at radius 3 is 2.16 bits per heavy atom. The van der Waals surface area contributed by atoms with Gasteiger partial charge in [0.2, 0.25) is 0 Å². The third-order valence-corrected chi connectivity index (χ3v) is 4.52. The molecular weight excluding hydrogens is 334 g/mol. The molecular formula is C19H23N3O2S. The molecule has 0 bridgehead atoms. The highest BCUT2D eigenvalue weighted by molar-refractivity contribution is 7.80. The van der Waals surface area contributed by atoms with Gasteiger partial charge in [-0.25, -0.2) is 0 Å². The van der Waals surface area contributed by atoms with Crippen molar-refractivity contribution in [2.45, 2.75) is 39.2 Å². The minimum Gasteiger partial charge on any atom is -0.356 e. The molecule has 0 radical (unpaired) electrons. The molecule has 2 aromatic carbocycles. The normalized spacial score (nSPS) is 12.9. The standard InChI is InChI=1S/C19H23N3O2S/c1-4-13(2)15-5-7-16(8-6-15)14(3)20-19(25)21-17-9-11-18(12-10-17)22(23)24/h5-14H,4H2,1-3H3,(H2,20,21,25)/t13-,14-/m1/s1. The second kappa shape index (κ2) is 8.58. The van der Waals surface area contributed by atoms with Gasteiger partial charge in [-0.15, -0.1) is 0 Å². The maximum atomic E-state index is 10.7. The van der Waals surface area contributed by atoms with E-state index in [-0.39, 0.29) is 11.7 Å². The van der Waals surface area contributed by atoms with Crippen molar-refractivity contribution in [3.05, 3.63) is 69.8 Å². The molecule has 0 aliphatic rings. The highest BCUT2D eigenvalue weighted by atomic mass is 32.1.